The highest BCUT2D eigenvalue weighted by atomic mass is 16.3. The lowest BCUT2D eigenvalue weighted by molar-refractivity contribution is 0.586. The van der Waals surface area contributed by atoms with Gasteiger partial charge >= 0.3 is 0 Å². The van der Waals surface area contributed by atoms with Gasteiger partial charge in [-0.1, -0.05) is 94.1 Å². The number of furan rings is 2. The van der Waals surface area contributed by atoms with Crippen LogP contribution in [0.15, 0.2) is 161 Å². The van der Waals surface area contributed by atoms with Crippen molar-refractivity contribution in [2.24, 2.45) is 5.92 Å². The first-order chi connectivity index (χ1) is 31.7. The lowest BCUT2D eigenvalue weighted by Gasteiger charge is -2.13. The molecule has 1 aliphatic rings. The first kappa shape index (κ1) is 39.1. The van der Waals surface area contributed by atoms with Gasteiger partial charge in [-0.15, -0.1) is 0 Å². The molecule has 12 rings (SSSR count). The van der Waals surface area contributed by atoms with Crippen LogP contribution in [-0.2, 0) is 0 Å². The number of rotatable bonds is 9. The molecule has 1 aliphatic carbocycles. The number of benzene rings is 6. The maximum absolute atomic E-state index is 6.34. The van der Waals surface area contributed by atoms with Gasteiger partial charge in [0.1, 0.15) is 22.5 Å². The molecule has 0 saturated carbocycles. The Labute approximate surface area is 378 Å². The van der Waals surface area contributed by atoms with E-state index >= 15 is 0 Å². The van der Waals surface area contributed by atoms with E-state index in [0.717, 1.165) is 74.3 Å². The fourth-order valence-electron chi connectivity index (χ4n) is 10.6. The SMILES string of the molecule is C=Cc1c(/C=C\CC(C)C)n(-c2ccc3oc4ccccc4c3c2)c2ccc(-c3cccc(-c4ccc5c(c4)c4c(ccn4C(C)C)n5-c4ccc5oc6c(c5c4)C(C)CC=C6)c3)cc12. The van der Waals surface area contributed by atoms with Crippen molar-refractivity contribution < 1.29 is 8.83 Å². The van der Waals surface area contributed by atoms with Gasteiger partial charge < -0.3 is 22.5 Å². The summed E-state index contributed by atoms with van der Waals surface area (Å²) < 4.78 is 19.8. The van der Waals surface area contributed by atoms with Crippen LogP contribution in [0.5, 0.6) is 0 Å². The summed E-state index contributed by atoms with van der Waals surface area (Å²) in [7, 11) is 0. The Bertz CT molecular complexity index is 3770. The van der Waals surface area contributed by atoms with Gasteiger partial charge in [0, 0.05) is 61.7 Å². The standard InChI is InChI=1S/C60H51N3O2/c1-7-45-47-32-41(21-25-52(47)62(51(45)18-10-13-36(2)3)43-23-27-56-48(34-43)46-17-8-9-19-55(46)64-56)39-15-12-16-40(31-39)42-22-26-53-49(33-42)60-54(29-30-61(60)37(4)5)63(53)44-24-28-57-50(35-44)59-38(6)14-11-20-58(59)65-57/h7-12,15-38H,1,13-14H2,2-6H3/b18-10-. The highest BCUT2D eigenvalue weighted by molar-refractivity contribution is 6.10. The summed E-state index contributed by atoms with van der Waals surface area (Å²) in [5, 5.41) is 5.85. The van der Waals surface area contributed by atoms with Crippen molar-refractivity contribution in [2.75, 3.05) is 0 Å². The lowest BCUT2D eigenvalue weighted by Crippen LogP contribution is -1.98. The molecule has 11 aromatic rings. The molecule has 318 valence electrons. The zero-order valence-corrected chi connectivity index (χ0v) is 37.6. The fraction of sp³-hybridized carbons (Fsp3) is 0.167. The first-order valence-corrected chi connectivity index (χ1v) is 23.1. The van der Waals surface area contributed by atoms with Crippen molar-refractivity contribution in [1.29, 1.82) is 0 Å². The number of fused-ring (bicyclic) bond motifs is 10. The van der Waals surface area contributed by atoms with Gasteiger partial charge in [0.25, 0.3) is 0 Å². The molecule has 0 saturated heterocycles. The second kappa shape index (κ2) is 15.1. The van der Waals surface area contributed by atoms with Crippen molar-refractivity contribution in [3.63, 3.8) is 0 Å². The van der Waals surface area contributed by atoms with E-state index < -0.39 is 0 Å². The Morgan fingerprint density at radius 1 is 0.631 bits per heavy atom. The van der Waals surface area contributed by atoms with Gasteiger partial charge in [0.05, 0.1) is 27.8 Å². The van der Waals surface area contributed by atoms with Crippen LogP contribution in [0.2, 0.25) is 0 Å². The van der Waals surface area contributed by atoms with E-state index in [-0.39, 0.29) is 0 Å². The van der Waals surface area contributed by atoms with Gasteiger partial charge in [0.15, 0.2) is 0 Å². The molecule has 0 amide bonds. The monoisotopic (exact) mass is 845 g/mol. The third-order valence-electron chi connectivity index (χ3n) is 13.7. The van der Waals surface area contributed by atoms with Crippen molar-refractivity contribution in [3.8, 4) is 33.6 Å². The molecule has 0 spiro atoms. The first-order valence-electron chi connectivity index (χ1n) is 23.1. The van der Waals surface area contributed by atoms with E-state index in [1.807, 2.05) is 18.2 Å². The molecule has 6 aromatic carbocycles. The molecular formula is C60H51N3O2. The van der Waals surface area contributed by atoms with Crippen LogP contribution in [0.4, 0.5) is 0 Å². The normalized spacial score (nSPS) is 14.3. The van der Waals surface area contributed by atoms with Crippen LogP contribution in [0.3, 0.4) is 0 Å². The molecule has 5 nitrogen and oxygen atoms in total. The predicted octanol–water partition coefficient (Wildman–Crippen LogP) is 17.3. The molecule has 0 radical (unpaired) electrons. The van der Waals surface area contributed by atoms with Gasteiger partial charge in [-0.3, -0.25) is 0 Å². The Morgan fingerprint density at radius 3 is 2.06 bits per heavy atom. The summed E-state index contributed by atoms with van der Waals surface area (Å²) in [5.41, 5.74) is 18.1. The van der Waals surface area contributed by atoms with E-state index in [1.165, 1.54) is 60.5 Å². The van der Waals surface area contributed by atoms with E-state index in [1.54, 1.807) is 0 Å². The van der Waals surface area contributed by atoms with E-state index in [9.17, 15) is 0 Å². The van der Waals surface area contributed by atoms with Crippen molar-refractivity contribution in [3.05, 3.63) is 175 Å². The van der Waals surface area contributed by atoms with Gasteiger partial charge in [-0.2, -0.15) is 0 Å². The Hall–Kier alpha value is -7.50. The van der Waals surface area contributed by atoms with Crippen LogP contribution in [-0.4, -0.2) is 13.7 Å². The third-order valence-corrected chi connectivity index (χ3v) is 13.7. The largest absolute Gasteiger partial charge is 0.456 e. The molecule has 1 atom stereocenters. The summed E-state index contributed by atoms with van der Waals surface area (Å²) in [6.45, 7) is 15.7. The molecule has 0 bridgehead atoms. The number of aromatic nitrogens is 3. The zero-order chi connectivity index (χ0) is 44.1. The average molecular weight is 846 g/mol. The summed E-state index contributed by atoms with van der Waals surface area (Å²) in [6, 6.07) is 47.0. The quantitative estimate of drug-likeness (QED) is 0.145. The highest BCUT2D eigenvalue weighted by Crippen LogP contribution is 2.43. The van der Waals surface area contributed by atoms with Crippen LogP contribution in [0.1, 0.15) is 82.0 Å². The van der Waals surface area contributed by atoms with Crippen LogP contribution in [0, 0.1) is 5.92 Å². The second-order valence-corrected chi connectivity index (χ2v) is 18.7. The molecule has 65 heavy (non-hydrogen) atoms. The van der Waals surface area contributed by atoms with Gasteiger partial charge in [0.2, 0.25) is 0 Å². The summed E-state index contributed by atoms with van der Waals surface area (Å²) in [6.07, 6.45) is 15.2. The second-order valence-electron chi connectivity index (χ2n) is 18.7. The third kappa shape index (κ3) is 6.20. The predicted molar refractivity (Wildman–Crippen MR) is 275 cm³/mol. The Morgan fingerprint density at radius 2 is 1.31 bits per heavy atom. The Kier molecular flexibility index (Phi) is 9.06. The molecule has 0 N–H and O–H groups in total. The summed E-state index contributed by atoms with van der Waals surface area (Å²) in [4.78, 5) is 0. The van der Waals surface area contributed by atoms with Crippen LogP contribution in [0.25, 0.3) is 118 Å². The number of para-hydroxylation sites is 1. The molecule has 5 heterocycles. The molecule has 0 fully saturated rings. The van der Waals surface area contributed by atoms with Gasteiger partial charge in [-0.05, 0) is 152 Å². The minimum Gasteiger partial charge on any atom is -0.456 e. The number of nitrogens with zero attached hydrogens (tertiary/aromatic N) is 3. The highest BCUT2D eigenvalue weighted by Gasteiger charge is 2.24. The average Bonchev–Trinajstić information content (AvgIpc) is 4.13. The van der Waals surface area contributed by atoms with E-state index in [2.05, 4.69) is 201 Å². The maximum Gasteiger partial charge on any atom is 0.135 e. The lowest BCUT2D eigenvalue weighted by atomic mass is 9.91. The maximum atomic E-state index is 6.34. The smallest absolute Gasteiger partial charge is 0.135 e. The molecule has 5 aromatic heterocycles. The van der Waals surface area contributed by atoms with Crippen molar-refractivity contribution >= 4 is 84.0 Å². The van der Waals surface area contributed by atoms with Crippen molar-refractivity contribution in [2.45, 2.75) is 59.4 Å². The van der Waals surface area contributed by atoms with Crippen LogP contribution >= 0.6 is 0 Å². The summed E-state index contributed by atoms with van der Waals surface area (Å²) >= 11 is 0. The molecule has 0 aliphatic heterocycles. The fourth-order valence-corrected chi connectivity index (χ4v) is 10.6. The van der Waals surface area contributed by atoms with Crippen molar-refractivity contribution in [1.82, 2.24) is 13.7 Å². The molecule has 5 heteroatoms. The Balaban J connectivity index is 0.976. The number of hydrogen-bond acceptors (Lipinski definition) is 2. The van der Waals surface area contributed by atoms with E-state index in [4.69, 9.17) is 8.83 Å². The van der Waals surface area contributed by atoms with Crippen LogP contribution < -0.4 is 0 Å². The molecule has 1 unspecified atom stereocenters. The molecular weight excluding hydrogens is 795 g/mol. The number of allylic oxidation sites excluding steroid dienone is 2. The van der Waals surface area contributed by atoms with Gasteiger partial charge in [-0.25, -0.2) is 0 Å². The zero-order valence-electron chi connectivity index (χ0n) is 37.6. The summed E-state index contributed by atoms with van der Waals surface area (Å²) in [5.74, 6) is 1.97. The van der Waals surface area contributed by atoms with E-state index in [0.29, 0.717) is 17.9 Å². The number of hydrogen-bond donors (Lipinski definition) is 0. The minimum atomic E-state index is 0.305. The minimum absolute atomic E-state index is 0.305. The topological polar surface area (TPSA) is 41.1 Å².